The Morgan fingerprint density at radius 3 is 2.41 bits per heavy atom. The second-order valence-corrected chi connectivity index (χ2v) is 5.64. The van der Waals surface area contributed by atoms with Gasteiger partial charge in [-0.3, -0.25) is 4.79 Å². The Bertz CT molecular complexity index is 442. The SMILES string of the molecule is CCCCC(C(=O)OCC)C(CCC)c1ccccc1OC. The molecule has 0 radical (unpaired) electrons. The fourth-order valence-electron chi connectivity index (χ4n) is 3.01. The molecular weight excluding hydrogens is 276 g/mol. The molecule has 3 heteroatoms. The molecule has 0 saturated carbocycles. The first kappa shape index (κ1) is 18.5. The highest BCUT2D eigenvalue weighted by atomic mass is 16.5. The molecular formula is C19H30O3. The maximum Gasteiger partial charge on any atom is 0.309 e. The van der Waals surface area contributed by atoms with E-state index in [0.29, 0.717) is 6.61 Å². The quantitative estimate of drug-likeness (QED) is 0.574. The first-order valence-corrected chi connectivity index (χ1v) is 8.49. The maximum absolute atomic E-state index is 12.5. The number of esters is 1. The lowest BCUT2D eigenvalue weighted by atomic mass is 9.79. The third-order valence-electron chi connectivity index (χ3n) is 4.08. The van der Waals surface area contributed by atoms with Crippen LogP contribution in [0.25, 0.3) is 0 Å². The minimum Gasteiger partial charge on any atom is -0.496 e. The van der Waals surface area contributed by atoms with Crippen molar-refractivity contribution in [2.75, 3.05) is 13.7 Å². The van der Waals surface area contributed by atoms with E-state index < -0.39 is 0 Å². The summed E-state index contributed by atoms with van der Waals surface area (Å²) in [5.41, 5.74) is 1.13. The highest BCUT2D eigenvalue weighted by Crippen LogP contribution is 2.38. The largest absolute Gasteiger partial charge is 0.496 e. The van der Waals surface area contributed by atoms with E-state index in [4.69, 9.17) is 9.47 Å². The summed E-state index contributed by atoms with van der Waals surface area (Å²) in [7, 11) is 1.69. The van der Waals surface area contributed by atoms with Crippen LogP contribution in [0.2, 0.25) is 0 Å². The summed E-state index contributed by atoms with van der Waals surface area (Å²) in [6, 6.07) is 8.04. The molecule has 0 bridgehead atoms. The lowest BCUT2D eigenvalue weighted by Crippen LogP contribution is -2.25. The fraction of sp³-hybridized carbons (Fsp3) is 0.632. The molecule has 0 aliphatic rings. The number of unbranched alkanes of at least 4 members (excludes halogenated alkanes) is 1. The number of carbonyl (C=O) groups excluding carboxylic acids is 1. The van der Waals surface area contributed by atoms with Gasteiger partial charge in [-0.2, -0.15) is 0 Å². The van der Waals surface area contributed by atoms with Crippen LogP contribution in [0.5, 0.6) is 5.75 Å². The lowest BCUT2D eigenvalue weighted by Gasteiger charge is -2.27. The number of hydrogen-bond acceptors (Lipinski definition) is 3. The molecule has 0 saturated heterocycles. The predicted octanol–water partition coefficient (Wildman–Crippen LogP) is 4.95. The second-order valence-electron chi connectivity index (χ2n) is 5.64. The summed E-state index contributed by atoms with van der Waals surface area (Å²) in [5, 5.41) is 0. The van der Waals surface area contributed by atoms with Crippen LogP contribution in [0.15, 0.2) is 24.3 Å². The van der Waals surface area contributed by atoms with Crippen molar-refractivity contribution in [1.29, 1.82) is 0 Å². The molecule has 0 aliphatic heterocycles. The minimum atomic E-state index is -0.0869. The van der Waals surface area contributed by atoms with Gasteiger partial charge in [0, 0.05) is 5.92 Å². The van der Waals surface area contributed by atoms with E-state index in [1.807, 2.05) is 25.1 Å². The van der Waals surface area contributed by atoms with Gasteiger partial charge in [0.15, 0.2) is 0 Å². The van der Waals surface area contributed by atoms with Gasteiger partial charge in [-0.15, -0.1) is 0 Å². The number of para-hydroxylation sites is 1. The molecule has 0 fully saturated rings. The van der Waals surface area contributed by atoms with Crippen LogP contribution in [0.4, 0.5) is 0 Å². The van der Waals surface area contributed by atoms with Crippen molar-refractivity contribution in [1.82, 2.24) is 0 Å². The van der Waals surface area contributed by atoms with Crippen molar-refractivity contribution >= 4 is 5.97 Å². The van der Waals surface area contributed by atoms with Crippen molar-refractivity contribution in [3.8, 4) is 5.75 Å². The van der Waals surface area contributed by atoms with E-state index in [9.17, 15) is 4.79 Å². The molecule has 0 aliphatic carbocycles. The van der Waals surface area contributed by atoms with Crippen molar-refractivity contribution in [3.63, 3.8) is 0 Å². The van der Waals surface area contributed by atoms with Crippen LogP contribution >= 0.6 is 0 Å². The molecule has 3 nitrogen and oxygen atoms in total. The molecule has 0 amide bonds. The second kappa shape index (κ2) is 10.3. The van der Waals surface area contributed by atoms with Gasteiger partial charge in [0.2, 0.25) is 0 Å². The summed E-state index contributed by atoms with van der Waals surface area (Å²) in [6.07, 6.45) is 5.00. The third kappa shape index (κ3) is 5.04. The Kier molecular flexibility index (Phi) is 8.64. The molecule has 22 heavy (non-hydrogen) atoms. The van der Waals surface area contributed by atoms with Crippen molar-refractivity contribution in [2.45, 2.75) is 58.8 Å². The predicted molar refractivity (Wildman–Crippen MR) is 90.3 cm³/mol. The molecule has 0 N–H and O–H groups in total. The van der Waals surface area contributed by atoms with E-state index in [1.165, 1.54) is 0 Å². The first-order valence-electron chi connectivity index (χ1n) is 8.49. The zero-order valence-electron chi connectivity index (χ0n) is 14.4. The fourth-order valence-corrected chi connectivity index (χ4v) is 3.01. The Morgan fingerprint density at radius 2 is 1.82 bits per heavy atom. The number of hydrogen-bond donors (Lipinski definition) is 0. The third-order valence-corrected chi connectivity index (χ3v) is 4.08. The van der Waals surface area contributed by atoms with Gasteiger partial charge < -0.3 is 9.47 Å². The molecule has 2 unspecified atom stereocenters. The summed E-state index contributed by atoms with van der Waals surface area (Å²) in [6.45, 7) is 6.61. The Balaban J connectivity index is 3.13. The van der Waals surface area contributed by atoms with Gasteiger partial charge in [-0.1, -0.05) is 51.3 Å². The van der Waals surface area contributed by atoms with Crippen molar-refractivity contribution < 1.29 is 14.3 Å². The molecule has 1 aromatic carbocycles. The van der Waals surface area contributed by atoms with Crippen LogP contribution in [0.1, 0.15) is 64.4 Å². The first-order chi connectivity index (χ1) is 10.7. The summed E-state index contributed by atoms with van der Waals surface area (Å²) in [5.74, 6) is 0.870. The average Bonchev–Trinajstić information content (AvgIpc) is 2.54. The molecule has 2 atom stereocenters. The maximum atomic E-state index is 12.5. The van der Waals surface area contributed by atoms with Gasteiger partial charge >= 0.3 is 5.97 Å². The van der Waals surface area contributed by atoms with E-state index in [0.717, 1.165) is 43.4 Å². The van der Waals surface area contributed by atoms with Crippen LogP contribution in [-0.2, 0) is 9.53 Å². The van der Waals surface area contributed by atoms with E-state index >= 15 is 0 Å². The number of benzene rings is 1. The summed E-state index contributed by atoms with van der Waals surface area (Å²) >= 11 is 0. The Labute approximate surface area is 135 Å². The van der Waals surface area contributed by atoms with E-state index in [1.54, 1.807) is 7.11 Å². The van der Waals surface area contributed by atoms with Gasteiger partial charge in [0.25, 0.3) is 0 Å². The van der Waals surface area contributed by atoms with Gasteiger partial charge in [-0.05, 0) is 31.4 Å². The topological polar surface area (TPSA) is 35.5 Å². The number of carbonyl (C=O) groups is 1. The van der Waals surface area contributed by atoms with Crippen LogP contribution in [-0.4, -0.2) is 19.7 Å². The molecule has 1 rings (SSSR count). The molecule has 0 spiro atoms. The van der Waals surface area contributed by atoms with E-state index in [-0.39, 0.29) is 17.8 Å². The number of methoxy groups -OCH3 is 1. The molecule has 0 heterocycles. The van der Waals surface area contributed by atoms with Crippen molar-refractivity contribution in [3.05, 3.63) is 29.8 Å². The monoisotopic (exact) mass is 306 g/mol. The minimum absolute atomic E-state index is 0.0692. The van der Waals surface area contributed by atoms with Crippen LogP contribution < -0.4 is 4.74 Å². The van der Waals surface area contributed by atoms with Crippen LogP contribution in [0, 0.1) is 5.92 Å². The highest BCUT2D eigenvalue weighted by Gasteiger charge is 2.31. The molecule has 0 aromatic heterocycles. The van der Waals surface area contributed by atoms with Gasteiger partial charge in [-0.25, -0.2) is 0 Å². The lowest BCUT2D eigenvalue weighted by molar-refractivity contribution is -0.149. The Morgan fingerprint density at radius 1 is 1.09 bits per heavy atom. The van der Waals surface area contributed by atoms with Gasteiger partial charge in [0.05, 0.1) is 19.6 Å². The molecule has 124 valence electrons. The smallest absolute Gasteiger partial charge is 0.309 e. The summed E-state index contributed by atoms with van der Waals surface area (Å²) < 4.78 is 10.9. The van der Waals surface area contributed by atoms with E-state index in [2.05, 4.69) is 19.9 Å². The number of ether oxygens (including phenoxy) is 2. The van der Waals surface area contributed by atoms with Crippen molar-refractivity contribution in [2.24, 2.45) is 5.92 Å². The van der Waals surface area contributed by atoms with Gasteiger partial charge in [0.1, 0.15) is 5.75 Å². The van der Waals surface area contributed by atoms with Crippen LogP contribution in [0.3, 0.4) is 0 Å². The average molecular weight is 306 g/mol. The zero-order valence-corrected chi connectivity index (χ0v) is 14.4. The Hall–Kier alpha value is -1.51. The standard InChI is InChI=1S/C19H30O3/c1-5-8-12-17(19(20)22-7-3)15(11-6-2)16-13-9-10-14-18(16)21-4/h9-10,13-15,17H,5-8,11-12H2,1-4H3. The molecule has 1 aromatic rings. The number of rotatable bonds is 10. The normalized spacial score (nSPS) is 13.5. The summed E-state index contributed by atoms with van der Waals surface area (Å²) in [4.78, 5) is 12.5. The highest BCUT2D eigenvalue weighted by molar-refractivity contribution is 5.74. The zero-order chi connectivity index (χ0) is 16.4.